The molecule has 1 N–H and O–H groups in total. The monoisotopic (exact) mass is 277 g/mol. The van der Waals surface area contributed by atoms with E-state index in [4.69, 9.17) is 0 Å². The minimum atomic E-state index is -3.31. The number of benzene rings is 1. The van der Waals surface area contributed by atoms with E-state index in [1.54, 1.807) is 24.3 Å². The van der Waals surface area contributed by atoms with Crippen LogP contribution in [0, 0.1) is 0 Å². The molecule has 0 radical (unpaired) electrons. The number of halogens is 1. The lowest BCUT2D eigenvalue weighted by atomic mass is 10.2. The van der Waals surface area contributed by atoms with Crippen molar-refractivity contribution in [3.05, 3.63) is 29.8 Å². The van der Waals surface area contributed by atoms with Crippen LogP contribution in [0.25, 0.3) is 0 Å². The summed E-state index contributed by atoms with van der Waals surface area (Å²) in [5.74, 6) is 0. The first-order valence-corrected chi connectivity index (χ1v) is 6.55. The van der Waals surface area contributed by atoms with Gasteiger partial charge in [0.2, 0.25) is 10.0 Å². The van der Waals surface area contributed by atoms with Crippen LogP contribution in [0.2, 0.25) is 0 Å². The first-order valence-electron chi connectivity index (χ1n) is 4.15. The number of hydrogen-bond donors (Lipinski definition) is 1. The predicted molar refractivity (Wildman–Crippen MR) is 60.0 cm³/mol. The Morgan fingerprint density at radius 1 is 1.29 bits per heavy atom. The zero-order valence-electron chi connectivity index (χ0n) is 7.99. The van der Waals surface area contributed by atoms with Crippen molar-refractivity contribution in [2.75, 3.05) is 7.05 Å². The maximum Gasteiger partial charge on any atom is 0.240 e. The van der Waals surface area contributed by atoms with Crippen LogP contribution in [0.15, 0.2) is 29.2 Å². The van der Waals surface area contributed by atoms with E-state index in [1.165, 1.54) is 7.05 Å². The standard InChI is InChI=1S/C9H12BrNO2S/c1-7(10)8-3-5-9(6-4-8)14(12,13)11-2/h3-7,11H,1-2H3. The van der Waals surface area contributed by atoms with Crippen LogP contribution in [0.4, 0.5) is 0 Å². The number of rotatable bonds is 3. The topological polar surface area (TPSA) is 46.2 Å². The molecule has 0 aliphatic carbocycles. The maximum absolute atomic E-state index is 11.4. The quantitative estimate of drug-likeness (QED) is 0.860. The van der Waals surface area contributed by atoms with E-state index in [1.807, 2.05) is 6.92 Å². The van der Waals surface area contributed by atoms with Gasteiger partial charge in [0.15, 0.2) is 0 Å². The first-order chi connectivity index (χ1) is 6.47. The Morgan fingerprint density at radius 3 is 2.14 bits per heavy atom. The van der Waals surface area contributed by atoms with E-state index < -0.39 is 10.0 Å². The molecule has 0 amide bonds. The van der Waals surface area contributed by atoms with E-state index in [0.717, 1.165) is 5.56 Å². The molecule has 0 bridgehead atoms. The van der Waals surface area contributed by atoms with Crippen LogP contribution in [-0.4, -0.2) is 15.5 Å². The SMILES string of the molecule is CNS(=O)(=O)c1ccc(C(C)Br)cc1. The van der Waals surface area contributed by atoms with Gasteiger partial charge in [-0.2, -0.15) is 0 Å². The van der Waals surface area contributed by atoms with Gasteiger partial charge >= 0.3 is 0 Å². The summed E-state index contributed by atoms with van der Waals surface area (Å²) >= 11 is 3.41. The van der Waals surface area contributed by atoms with Crippen LogP contribution in [0.1, 0.15) is 17.3 Å². The molecule has 3 nitrogen and oxygen atoms in total. The van der Waals surface area contributed by atoms with E-state index in [2.05, 4.69) is 20.7 Å². The third-order valence-corrected chi connectivity index (χ3v) is 3.88. The van der Waals surface area contributed by atoms with Crippen molar-refractivity contribution >= 4 is 26.0 Å². The van der Waals surface area contributed by atoms with Crippen molar-refractivity contribution in [1.82, 2.24) is 4.72 Å². The average molecular weight is 278 g/mol. The third-order valence-electron chi connectivity index (χ3n) is 1.92. The highest BCUT2D eigenvalue weighted by molar-refractivity contribution is 9.09. The van der Waals surface area contributed by atoms with Gasteiger partial charge < -0.3 is 0 Å². The van der Waals surface area contributed by atoms with Crippen molar-refractivity contribution < 1.29 is 8.42 Å². The van der Waals surface area contributed by atoms with Crippen molar-refractivity contribution in [3.63, 3.8) is 0 Å². The average Bonchev–Trinajstić information content (AvgIpc) is 2.18. The van der Waals surface area contributed by atoms with Gasteiger partial charge in [-0.3, -0.25) is 0 Å². The normalized spacial score (nSPS) is 13.9. The van der Waals surface area contributed by atoms with Gasteiger partial charge in [0, 0.05) is 4.83 Å². The fourth-order valence-electron chi connectivity index (χ4n) is 1.03. The molecule has 0 aromatic heterocycles. The van der Waals surface area contributed by atoms with Crippen LogP contribution in [0.5, 0.6) is 0 Å². The minimum Gasteiger partial charge on any atom is -0.214 e. The lowest BCUT2D eigenvalue weighted by molar-refractivity contribution is 0.588. The molecule has 78 valence electrons. The number of hydrogen-bond acceptors (Lipinski definition) is 2. The molecule has 1 aromatic rings. The molecule has 1 aromatic carbocycles. The summed E-state index contributed by atoms with van der Waals surface area (Å²) < 4.78 is 25.0. The molecule has 0 fully saturated rings. The fourth-order valence-corrected chi connectivity index (χ4v) is 2.07. The highest BCUT2D eigenvalue weighted by atomic mass is 79.9. The van der Waals surface area contributed by atoms with E-state index in [0.29, 0.717) is 0 Å². The maximum atomic E-state index is 11.4. The summed E-state index contributed by atoms with van der Waals surface area (Å²) in [6.45, 7) is 1.99. The minimum absolute atomic E-state index is 0.230. The van der Waals surface area contributed by atoms with E-state index >= 15 is 0 Å². The Balaban J connectivity index is 3.06. The molecule has 0 saturated carbocycles. The van der Waals surface area contributed by atoms with Crippen molar-refractivity contribution in [1.29, 1.82) is 0 Å². The molecule has 5 heteroatoms. The molecule has 0 spiro atoms. The Hall–Kier alpha value is -0.390. The smallest absolute Gasteiger partial charge is 0.214 e. The van der Waals surface area contributed by atoms with Crippen LogP contribution in [-0.2, 0) is 10.0 Å². The van der Waals surface area contributed by atoms with Gasteiger partial charge in [0.25, 0.3) is 0 Å². The van der Waals surface area contributed by atoms with E-state index in [-0.39, 0.29) is 9.72 Å². The molecule has 0 heterocycles. The van der Waals surface area contributed by atoms with Crippen molar-refractivity contribution in [3.8, 4) is 0 Å². The van der Waals surface area contributed by atoms with Crippen LogP contribution in [0.3, 0.4) is 0 Å². The van der Waals surface area contributed by atoms with Gasteiger partial charge in [0.1, 0.15) is 0 Å². The van der Waals surface area contributed by atoms with Crippen LogP contribution < -0.4 is 4.72 Å². The summed E-state index contributed by atoms with van der Waals surface area (Å²) in [7, 11) is -1.91. The third kappa shape index (κ3) is 2.56. The zero-order valence-corrected chi connectivity index (χ0v) is 10.4. The number of nitrogens with one attached hydrogen (secondary N) is 1. The Kier molecular flexibility index (Phi) is 3.69. The summed E-state index contributed by atoms with van der Waals surface area (Å²) in [5.41, 5.74) is 1.06. The molecule has 14 heavy (non-hydrogen) atoms. The molecule has 1 rings (SSSR count). The van der Waals surface area contributed by atoms with Crippen molar-refractivity contribution in [2.45, 2.75) is 16.6 Å². The van der Waals surface area contributed by atoms with Crippen LogP contribution >= 0.6 is 15.9 Å². The highest BCUT2D eigenvalue weighted by Crippen LogP contribution is 2.22. The first kappa shape index (κ1) is 11.7. The van der Waals surface area contributed by atoms with Gasteiger partial charge in [-0.25, -0.2) is 13.1 Å². The number of alkyl halides is 1. The van der Waals surface area contributed by atoms with Gasteiger partial charge in [0.05, 0.1) is 4.90 Å². The summed E-state index contributed by atoms with van der Waals surface area (Å²) in [4.78, 5) is 0.519. The predicted octanol–water partition coefficient (Wildman–Crippen LogP) is 2.05. The lowest BCUT2D eigenvalue weighted by Crippen LogP contribution is -2.18. The van der Waals surface area contributed by atoms with Gasteiger partial charge in [-0.15, -0.1) is 0 Å². The molecule has 1 unspecified atom stereocenters. The second-order valence-electron chi connectivity index (χ2n) is 2.89. The molecule has 1 atom stereocenters. The highest BCUT2D eigenvalue weighted by Gasteiger charge is 2.10. The summed E-state index contributed by atoms with van der Waals surface area (Å²) in [6.07, 6.45) is 0. The Morgan fingerprint density at radius 2 is 1.79 bits per heavy atom. The van der Waals surface area contributed by atoms with Crippen molar-refractivity contribution in [2.24, 2.45) is 0 Å². The largest absolute Gasteiger partial charge is 0.240 e. The summed E-state index contributed by atoms with van der Waals surface area (Å²) in [6, 6.07) is 6.78. The molecule has 0 aliphatic rings. The zero-order chi connectivity index (χ0) is 10.8. The fraction of sp³-hybridized carbons (Fsp3) is 0.333. The second kappa shape index (κ2) is 4.42. The lowest BCUT2D eigenvalue weighted by Gasteiger charge is -2.05. The Bertz CT molecular complexity index is 397. The molecular formula is C9H12BrNO2S. The molecular weight excluding hydrogens is 266 g/mol. The van der Waals surface area contributed by atoms with E-state index in [9.17, 15) is 8.42 Å². The second-order valence-corrected chi connectivity index (χ2v) is 6.15. The number of sulfonamides is 1. The van der Waals surface area contributed by atoms with Gasteiger partial charge in [-0.05, 0) is 31.7 Å². The Labute approximate surface area is 92.7 Å². The summed E-state index contributed by atoms with van der Waals surface area (Å²) in [5, 5.41) is 0. The molecule has 0 saturated heterocycles. The van der Waals surface area contributed by atoms with Gasteiger partial charge in [-0.1, -0.05) is 28.1 Å². The molecule has 0 aliphatic heterocycles.